The lowest BCUT2D eigenvalue weighted by atomic mass is 9.69. The molecule has 1 spiro atoms. The van der Waals surface area contributed by atoms with Gasteiger partial charge in [-0.3, -0.25) is 14.4 Å². The number of rotatable bonds is 15. The number of amides is 3. The Balaban J connectivity index is 1.85. The molecule has 3 saturated heterocycles. The number of hydrogen-bond donors (Lipinski definition) is 1. The van der Waals surface area contributed by atoms with Gasteiger partial charge in [-0.15, -0.1) is 13.2 Å². The second-order valence-electron chi connectivity index (χ2n) is 15.8. The van der Waals surface area contributed by atoms with Crippen LogP contribution in [0.5, 0.6) is 5.75 Å². The molecule has 1 aromatic carbocycles. The molecule has 48 heavy (non-hydrogen) atoms. The maximum absolute atomic E-state index is 15.2. The first-order valence-corrected chi connectivity index (χ1v) is 18.2. The summed E-state index contributed by atoms with van der Waals surface area (Å²) < 4.78 is 12.5. The highest BCUT2D eigenvalue weighted by atomic mass is 79.9. The fourth-order valence-electron chi connectivity index (χ4n) is 8.67. The lowest BCUT2D eigenvalue weighted by molar-refractivity contribution is -0.155. The molecular formula is C38H56BrN3O6. The number of aliphatic hydroxyl groups excluding tert-OH is 1. The smallest absolute Gasteiger partial charge is 0.249 e. The van der Waals surface area contributed by atoms with E-state index in [0.29, 0.717) is 37.3 Å². The normalized spacial score (nSPS) is 27.2. The van der Waals surface area contributed by atoms with Crippen molar-refractivity contribution in [1.82, 2.24) is 9.80 Å². The SMILES string of the molecule is C=CCN(C(=O)[C@H]1[C@@H]2OC3(CC2Br)C(C(=O)N(CC=C)C(C)(C)CC(C)(C)C)N([C@@H](CO)CC(C)C)C(=O)[C@H]13)c1ccc(OCC)cc1. The molecule has 0 aliphatic carbocycles. The van der Waals surface area contributed by atoms with Crippen molar-refractivity contribution in [2.75, 3.05) is 31.2 Å². The lowest BCUT2D eigenvalue weighted by Gasteiger charge is -2.46. The van der Waals surface area contributed by atoms with E-state index in [0.717, 1.165) is 0 Å². The number of aliphatic hydroxyl groups is 1. The minimum atomic E-state index is -1.26. The van der Waals surface area contributed by atoms with Crippen LogP contribution >= 0.6 is 15.9 Å². The second-order valence-corrected chi connectivity index (χ2v) is 17.0. The van der Waals surface area contributed by atoms with Crippen molar-refractivity contribution in [1.29, 1.82) is 0 Å². The molecule has 1 N–H and O–H groups in total. The molecule has 0 saturated carbocycles. The van der Waals surface area contributed by atoms with Gasteiger partial charge in [0.05, 0.1) is 37.2 Å². The van der Waals surface area contributed by atoms with Gasteiger partial charge in [0.15, 0.2) is 0 Å². The molecule has 266 valence electrons. The summed E-state index contributed by atoms with van der Waals surface area (Å²) in [5.41, 5.74) is -1.28. The molecule has 9 nitrogen and oxygen atoms in total. The number of fused-ring (bicyclic) bond motifs is 1. The van der Waals surface area contributed by atoms with Gasteiger partial charge >= 0.3 is 0 Å². The molecule has 3 aliphatic rings. The summed E-state index contributed by atoms with van der Waals surface area (Å²) in [6.07, 6.45) is 4.34. The zero-order valence-electron chi connectivity index (χ0n) is 30.1. The number of ether oxygens (including phenoxy) is 2. The van der Waals surface area contributed by atoms with Crippen molar-refractivity contribution < 1.29 is 29.0 Å². The minimum absolute atomic E-state index is 0.0866. The van der Waals surface area contributed by atoms with Gasteiger partial charge in [0.25, 0.3) is 0 Å². The van der Waals surface area contributed by atoms with Crippen molar-refractivity contribution in [3.05, 3.63) is 49.6 Å². The molecule has 3 amide bonds. The van der Waals surface area contributed by atoms with E-state index in [4.69, 9.17) is 9.47 Å². The monoisotopic (exact) mass is 729 g/mol. The van der Waals surface area contributed by atoms with Gasteiger partial charge in [-0.1, -0.05) is 62.7 Å². The summed E-state index contributed by atoms with van der Waals surface area (Å²) in [7, 11) is 0. The largest absolute Gasteiger partial charge is 0.494 e. The van der Waals surface area contributed by atoms with Crippen LogP contribution in [0.3, 0.4) is 0 Å². The molecule has 0 radical (unpaired) electrons. The highest BCUT2D eigenvalue weighted by Gasteiger charge is 2.77. The van der Waals surface area contributed by atoms with Gasteiger partial charge in [0.1, 0.15) is 17.4 Å². The number of carbonyl (C=O) groups is 3. The molecule has 3 unspecified atom stereocenters. The first-order valence-electron chi connectivity index (χ1n) is 17.3. The maximum atomic E-state index is 15.2. The van der Waals surface area contributed by atoms with Gasteiger partial charge in [0.2, 0.25) is 17.7 Å². The van der Waals surface area contributed by atoms with E-state index in [1.165, 1.54) is 0 Å². The third-order valence-electron chi connectivity index (χ3n) is 9.90. The van der Waals surface area contributed by atoms with Crippen molar-refractivity contribution >= 4 is 39.3 Å². The molecule has 10 heteroatoms. The van der Waals surface area contributed by atoms with Crippen LogP contribution in [0.25, 0.3) is 0 Å². The van der Waals surface area contributed by atoms with Gasteiger partial charge in [0, 0.05) is 29.1 Å². The van der Waals surface area contributed by atoms with Crippen molar-refractivity contribution in [3.63, 3.8) is 0 Å². The Morgan fingerprint density at radius 1 is 1.12 bits per heavy atom. The molecule has 1 aromatic rings. The van der Waals surface area contributed by atoms with Gasteiger partial charge in [-0.2, -0.15) is 0 Å². The number of nitrogens with zero attached hydrogens (tertiary/aromatic N) is 3. The predicted molar refractivity (Wildman–Crippen MR) is 193 cm³/mol. The number of hydrogen-bond acceptors (Lipinski definition) is 6. The molecule has 3 fully saturated rings. The summed E-state index contributed by atoms with van der Waals surface area (Å²) in [6.45, 7) is 25.1. The zero-order chi connectivity index (χ0) is 35.8. The van der Waals surface area contributed by atoms with Crippen LogP contribution in [0.1, 0.15) is 74.7 Å². The summed E-state index contributed by atoms with van der Waals surface area (Å²) in [5, 5.41) is 10.8. The molecule has 3 aliphatic heterocycles. The summed E-state index contributed by atoms with van der Waals surface area (Å²) >= 11 is 3.81. The quantitative estimate of drug-likeness (QED) is 0.176. The van der Waals surface area contributed by atoms with Gasteiger partial charge in [-0.05, 0) is 75.6 Å². The van der Waals surface area contributed by atoms with Crippen LogP contribution < -0.4 is 9.64 Å². The number of benzene rings is 1. The third kappa shape index (κ3) is 7.13. The van der Waals surface area contributed by atoms with E-state index < -0.39 is 41.2 Å². The second kappa shape index (κ2) is 14.7. The fourth-order valence-corrected chi connectivity index (χ4v) is 9.61. The lowest BCUT2D eigenvalue weighted by Crippen LogP contribution is -2.62. The van der Waals surface area contributed by atoms with E-state index in [1.54, 1.807) is 22.0 Å². The average molecular weight is 731 g/mol. The number of alkyl halides is 1. The molecule has 4 rings (SSSR count). The van der Waals surface area contributed by atoms with Crippen LogP contribution in [-0.4, -0.2) is 93.1 Å². The van der Waals surface area contributed by atoms with Crippen LogP contribution in [0.15, 0.2) is 49.6 Å². The topological polar surface area (TPSA) is 99.6 Å². The van der Waals surface area contributed by atoms with Crippen molar-refractivity contribution in [2.24, 2.45) is 23.2 Å². The van der Waals surface area contributed by atoms with Crippen LogP contribution in [0.2, 0.25) is 0 Å². The van der Waals surface area contributed by atoms with E-state index in [-0.39, 0.29) is 53.6 Å². The Morgan fingerprint density at radius 2 is 1.75 bits per heavy atom. The minimum Gasteiger partial charge on any atom is -0.494 e. The van der Waals surface area contributed by atoms with E-state index >= 15 is 4.79 Å². The van der Waals surface area contributed by atoms with Crippen LogP contribution in [0, 0.1) is 23.2 Å². The van der Waals surface area contributed by atoms with E-state index in [1.807, 2.05) is 63.8 Å². The highest BCUT2D eigenvalue weighted by molar-refractivity contribution is 9.09. The maximum Gasteiger partial charge on any atom is 0.249 e. The predicted octanol–water partition coefficient (Wildman–Crippen LogP) is 5.99. The number of halogens is 1. The molecule has 3 heterocycles. The first kappa shape index (κ1) is 38.1. The number of carbonyl (C=O) groups excluding carboxylic acids is 3. The molecular weight excluding hydrogens is 674 g/mol. The highest BCUT2D eigenvalue weighted by Crippen LogP contribution is 2.61. The molecule has 7 atom stereocenters. The van der Waals surface area contributed by atoms with Crippen LogP contribution in [-0.2, 0) is 19.1 Å². The average Bonchev–Trinajstić information content (AvgIpc) is 3.59. The van der Waals surface area contributed by atoms with E-state index in [2.05, 4.69) is 49.9 Å². The Hall–Kier alpha value is -2.69. The number of anilines is 1. The summed E-state index contributed by atoms with van der Waals surface area (Å²) in [6, 6.07) is 5.64. The Kier molecular flexibility index (Phi) is 11.6. The van der Waals surface area contributed by atoms with Gasteiger partial charge in [-0.25, -0.2) is 0 Å². The van der Waals surface area contributed by atoms with Crippen LogP contribution in [0.4, 0.5) is 5.69 Å². The summed E-state index contributed by atoms with van der Waals surface area (Å²) in [4.78, 5) is 49.6. The first-order chi connectivity index (χ1) is 22.5. The Morgan fingerprint density at radius 3 is 2.27 bits per heavy atom. The van der Waals surface area contributed by atoms with Crippen molar-refractivity contribution in [3.8, 4) is 5.75 Å². The molecule has 0 aromatic heterocycles. The number of likely N-dealkylation sites (tertiary alicyclic amines) is 1. The Labute approximate surface area is 295 Å². The Bertz CT molecular complexity index is 1360. The van der Waals surface area contributed by atoms with E-state index in [9.17, 15) is 14.7 Å². The third-order valence-corrected chi connectivity index (χ3v) is 10.7. The summed E-state index contributed by atoms with van der Waals surface area (Å²) in [5.74, 6) is -1.73. The van der Waals surface area contributed by atoms with Crippen molar-refractivity contribution in [2.45, 2.75) is 109 Å². The zero-order valence-corrected chi connectivity index (χ0v) is 31.7. The molecule has 2 bridgehead atoms. The van der Waals surface area contributed by atoms with Gasteiger partial charge < -0.3 is 29.3 Å². The standard InChI is InChI=1S/C38H56BrN3O6/c1-11-18-40(25-14-16-27(17-15-25)47-13-3)33(44)29-30-34(45)42(26(22-43)20-24(4)5)32(38(30)21-28(39)31(29)48-38)35(46)41(19-12-2)37(9,10)23-36(6,7)8/h11-12,14-17,24,26,28-32,43H,1-2,13,18-23H2,3-10H3/t26-,28?,29-,30+,31-,32?,38?/m1/s1. The fraction of sp³-hybridized carbons (Fsp3) is 0.658.